The summed E-state index contributed by atoms with van der Waals surface area (Å²) in [5, 5.41) is 11.8. The monoisotopic (exact) mass is 167 g/mol. The van der Waals surface area contributed by atoms with E-state index in [9.17, 15) is 0 Å². The molecule has 1 fully saturated rings. The lowest BCUT2D eigenvalue weighted by Gasteiger charge is -2.42. The average molecular weight is 167 g/mol. The predicted molar refractivity (Wildman–Crippen MR) is 48.8 cm³/mol. The van der Waals surface area contributed by atoms with Crippen LogP contribution in [0, 0.1) is 11.3 Å². The van der Waals surface area contributed by atoms with Crippen molar-refractivity contribution in [1.82, 2.24) is 10.2 Å². The van der Waals surface area contributed by atoms with Gasteiger partial charge in [0, 0.05) is 38.1 Å². The fourth-order valence-corrected chi connectivity index (χ4v) is 1.62. The van der Waals surface area contributed by atoms with E-state index in [1.54, 1.807) is 0 Å². The third kappa shape index (κ3) is 2.20. The fraction of sp³-hybridized carbons (Fsp3) is 0.889. The number of piperazine rings is 1. The van der Waals surface area contributed by atoms with E-state index in [4.69, 9.17) is 5.26 Å². The van der Waals surface area contributed by atoms with E-state index in [2.05, 4.69) is 30.1 Å². The van der Waals surface area contributed by atoms with Crippen molar-refractivity contribution >= 4 is 0 Å². The third-order valence-corrected chi connectivity index (χ3v) is 2.47. The first-order valence-corrected chi connectivity index (χ1v) is 4.49. The first kappa shape index (κ1) is 9.50. The molecule has 0 aromatic heterocycles. The summed E-state index contributed by atoms with van der Waals surface area (Å²) < 4.78 is 0. The van der Waals surface area contributed by atoms with Crippen LogP contribution >= 0.6 is 0 Å². The lowest BCUT2D eigenvalue weighted by Crippen LogP contribution is -2.57. The minimum atomic E-state index is 0.217. The molecule has 1 rings (SSSR count). The molecule has 0 unspecified atom stereocenters. The Bertz CT molecular complexity index is 181. The second-order valence-corrected chi connectivity index (χ2v) is 3.88. The van der Waals surface area contributed by atoms with Crippen LogP contribution in [0.3, 0.4) is 0 Å². The zero-order valence-corrected chi connectivity index (χ0v) is 7.93. The average Bonchev–Trinajstić information content (AvgIpc) is 2.02. The minimum Gasteiger partial charge on any atom is -0.314 e. The summed E-state index contributed by atoms with van der Waals surface area (Å²) in [5.74, 6) is 0. The van der Waals surface area contributed by atoms with Gasteiger partial charge < -0.3 is 5.32 Å². The largest absolute Gasteiger partial charge is 0.314 e. The Labute approximate surface area is 74.4 Å². The summed E-state index contributed by atoms with van der Waals surface area (Å²) >= 11 is 0. The van der Waals surface area contributed by atoms with Gasteiger partial charge in [0.05, 0.1) is 6.07 Å². The van der Waals surface area contributed by atoms with E-state index in [1.807, 2.05) is 0 Å². The highest BCUT2D eigenvalue weighted by Gasteiger charge is 2.28. The Balaban J connectivity index is 2.44. The van der Waals surface area contributed by atoms with Gasteiger partial charge in [-0.05, 0) is 13.8 Å². The molecule has 1 aliphatic rings. The van der Waals surface area contributed by atoms with E-state index >= 15 is 0 Å². The van der Waals surface area contributed by atoms with Crippen LogP contribution in [0.15, 0.2) is 0 Å². The molecule has 1 saturated heterocycles. The minimum absolute atomic E-state index is 0.217. The van der Waals surface area contributed by atoms with Crippen molar-refractivity contribution < 1.29 is 0 Å². The molecule has 0 aliphatic carbocycles. The highest BCUT2D eigenvalue weighted by Crippen LogP contribution is 2.15. The van der Waals surface area contributed by atoms with Crippen molar-refractivity contribution in [3.8, 4) is 6.07 Å². The summed E-state index contributed by atoms with van der Waals surface area (Å²) in [5.41, 5.74) is 0.217. The van der Waals surface area contributed by atoms with Crippen LogP contribution < -0.4 is 5.32 Å². The Morgan fingerprint density at radius 1 is 1.58 bits per heavy atom. The first-order chi connectivity index (χ1) is 5.67. The molecule has 0 aromatic carbocycles. The topological polar surface area (TPSA) is 39.1 Å². The van der Waals surface area contributed by atoms with Crippen molar-refractivity contribution in [2.75, 3.05) is 26.2 Å². The Morgan fingerprint density at radius 3 is 2.92 bits per heavy atom. The van der Waals surface area contributed by atoms with Gasteiger partial charge in [-0.25, -0.2) is 0 Å². The van der Waals surface area contributed by atoms with Crippen LogP contribution in [0.4, 0.5) is 0 Å². The van der Waals surface area contributed by atoms with Crippen molar-refractivity contribution in [1.29, 1.82) is 5.26 Å². The molecule has 0 radical (unpaired) electrons. The quantitative estimate of drug-likeness (QED) is 0.654. The number of rotatable bonds is 2. The summed E-state index contributed by atoms with van der Waals surface area (Å²) in [6, 6.07) is 2.19. The number of nitriles is 1. The molecule has 1 N–H and O–H groups in total. The first-order valence-electron chi connectivity index (χ1n) is 4.49. The molecule has 0 spiro atoms. The molecule has 0 amide bonds. The molecular weight excluding hydrogens is 150 g/mol. The highest BCUT2D eigenvalue weighted by molar-refractivity contribution is 4.89. The van der Waals surface area contributed by atoms with Crippen molar-refractivity contribution in [3.05, 3.63) is 0 Å². The Kier molecular flexibility index (Phi) is 3.07. The van der Waals surface area contributed by atoms with Gasteiger partial charge in [-0.15, -0.1) is 0 Å². The maximum Gasteiger partial charge on any atom is 0.0635 e. The predicted octanol–water partition coefficient (Wildman–Crippen LogP) is 0.584. The molecule has 0 aromatic rings. The van der Waals surface area contributed by atoms with Gasteiger partial charge in [-0.2, -0.15) is 5.26 Å². The van der Waals surface area contributed by atoms with Gasteiger partial charge in [0.15, 0.2) is 0 Å². The molecule has 0 saturated carbocycles. The van der Waals surface area contributed by atoms with Gasteiger partial charge in [0.25, 0.3) is 0 Å². The Morgan fingerprint density at radius 2 is 2.33 bits per heavy atom. The van der Waals surface area contributed by atoms with E-state index in [0.29, 0.717) is 6.42 Å². The lowest BCUT2D eigenvalue weighted by atomic mass is 10.00. The molecule has 0 bridgehead atoms. The van der Waals surface area contributed by atoms with Gasteiger partial charge in [0.2, 0.25) is 0 Å². The maximum atomic E-state index is 8.47. The summed E-state index contributed by atoms with van der Waals surface area (Å²) in [6.07, 6.45) is 0.642. The molecular formula is C9H17N3. The van der Waals surface area contributed by atoms with Crippen LogP contribution in [-0.2, 0) is 0 Å². The third-order valence-electron chi connectivity index (χ3n) is 2.47. The van der Waals surface area contributed by atoms with Crippen LogP contribution in [0.25, 0.3) is 0 Å². The molecule has 0 atom stereocenters. The summed E-state index contributed by atoms with van der Waals surface area (Å²) in [7, 11) is 0. The van der Waals surface area contributed by atoms with E-state index in [0.717, 1.165) is 26.2 Å². The maximum absolute atomic E-state index is 8.47. The number of hydrogen-bond donors (Lipinski definition) is 1. The highest BCUT2D eigenvalue weighted by atomic mass is 15.2. The molecule has 1 aliphatic heterocycles. The number of nitrogens with zero attached hydrogens (tertiary/aromatic N) is 2. The number of nitrogens with one attached hydrogen (secondary N) is 1. The number of hydrogen-bond acceptors (Lipinski definition) is 3. The van der Waals surface area contributed by atoms with Crippen molar-refractivity contribution in [2.45, 2.75) is 25.8 Å². The molecule has 68 valence electrons. The van der Waals surface area contributed by atoms with Gasteiger partial charge >= 0.3 is 0 Å². The SMILES string of the molecule is CC1(C)CNCCN1CCC#N. The van der Waals surface area contributed by atoms with Crippen LogP contribution in [-0.4, -0.2) is 36.6 Å². The van der Waals surface area contributed by atoms with Crippen LogP contribution in [0.1, 0.15) is 20.3 Å². The van der Waals surface area contributed by atoms with Gasteiger partial charge in [-0.1, -0.05) is 0 Å². The summed E-state index contributed by atoms with van der Waals surface area (Å²) in [6.45, 7) is 8.49. The smallest absolute Gasteiger partial charge is 0.0635 e. The lowest BCUT2D eigenvalue weighted by molar-refractivity contribution is 0.0934. The van der Waals surface area contributed by atoms with Crippen molar-refractivity contribution in [3.63, 3.8) is 0 Å². The van der Waals surface area contributed by atoms with E-state index < -0.39 is 0 Å². The summed E-state index contributed by atoms with van der Waals surface area (Å²) in [4.78, 5) is 2.38. The second-order valence-electron chi connectivity index (χ2n) is 3.88. The van der Waals surface area contributed by atoms with Crippen LogP contribution in [0.5, 0.6) is 0 Å². The zero-order chi connectivity index (χ0) is 9.03. The molecule has 3 nitrogen and oxygen atoms in total. The van der Waals surface area contributed by atoms with E-state index in [1.165, 1.54) is 0 Å². The molecule has 3 heteroatoms. The fourth-order valence-electron chi connectivity index (χ4n) is 1.62. The Hall–Kier alpha value is -0.590. The normalized spacial score (nSPS) is 23.4. The standard InChI is InChI=1S/C9H17N3/c1-9(2)8-11-5-7-12(9)6-3-4-10/h11H,3,5-8H2,1-2H3. The van der Waals surface area contributed by atoms with E-state index in [-0.39, 0.29) is 5.54 Å². The van der Waals surface area contributed by atoms with Crippen LogP contribution in [0.2, 0.25) is 0 Å². The zero-order valence-electron chi connectivity index (χ0n) is 7.93. The second kappa shape index (κ2) is 3.88. The van der Waals surface area contributed by atoms with Gasteiger partial charge in [-0.3, -0.25) is 4.90 Å². The van der Waals surface area contributed by atoms with Crippen molar-refractivity contribution in [2.24, 2.45) is 0 Å². The molecule has 1 heterocycles. The molecule has 12 heavy (non-hydrogen) atoms. The van der Waals surface area contributed by atoms with Gasteiger partial charge in [0.1, 0.15) is 0 Å².